The van der Waals surface area contributed by atoms with Gasteiger partial charge < -0.3 is 10.2 Å². The van der Waals surface area contributed by atoms with Gasteiger partial charge in [-0.1, -0.05) is 30.3 Å². The van der Waals surface area contributed by atoms with E-state index in [-0.39, 0.29) is 5.91 Å². The van der Waals surface area contributed by atoms with E-state index in [9.17, 15) is 4.79 Å². The maximum absolute atomic E-state index is 11.9. The van der Waals surface area contributed by atoms with E-state index in [1.807, 2.05) is 12.1 Å². The Morgan fingerprint density at radius 2 is 1.97 bits per heavy atom. The number of unbranched alkanes of at least 4 members (excludes halogenated alkanes) is 1. The molecule has 0 bridgehead atoms. The smallest absolute Gasteiger partial charge is 0.243 e. The number of hydrogen-bond acceptors (Lipinski definition) is 4. The number of fused-ring (bicyclic) bond motifs is 1. The van der Waals surface area contributed by atoms with Crippen LogP contribution in [0.1, 0.15) is 48.4 Å². The van der Waals surface area contributed by atoms with E-state index in [0.29, 0.717) is 6.04 Å². The Kier molecular flexibility index (Phi) is 7.86. The summed E-state index contributed by atoms with van der Waals surface area (Å²) in [5, 5.41) is 2.98. The van der Waals surface area contributed by atoms with Gasteiger partial charge in [0.1, 0.15) is 0 Å². The molecular weight excluding hydrogens is 384 g/mol. The van der Waals surface area contributed by atoms with E-state index in [2.05, 4.69) is 44.4 Å². The second kappa shape index (κ2) is 11.2. The Bertz CT molecular complexity index is 859. The molecule has 1 saturated heterocycles. The average Bonchev–Trinajstić information content (AvgIpc) is 2.83. The highest BCUT2D eigenvalue weighted by Crippen LogP contribution is 2.34. The minimum absolute atomic E-state index is 0.0368. The number of amides is 1. The molecule has 1 aliphatic heterocycles. The molecule has 1 aromatic heterocycles. The third kappa shape index (κ3) is 6.25. The molecule has 1 aliphatic carbocycles. The van der Waals surface area contributed by atoms with Gasteiger partial charge in [0, 0.05) is 57.2 Å². The van der Waals surface area contributed by atoms with Crippen LogP contribution in [0.3, 0.4) is 0 Å². The summed E-state index contributed by atoms with van der Waals surface area (Å²) in [4.78, 5) is 21.2. The Hall–Kier alpha value is -2.50. The summed E-state index contributed by atoms with van der Waals surface area (Å²) in [6.45, 7) is 6.48. The predicted molar refractivity (Wildman–Crippen MR) is 126 cm³/mol. The fourth-order valence-electron chi connectivity index (χ4n) is 4.78. The first-order valence-electron chi connectivity index (χ1n) is 11.7. The van der Waals surface area contributed by atoms with Crippen LogP contribution < -0.4 is 5.32 Å². The lowest BCUT2D eigenvalue weighted by Crippen LogP contribution is -2.48. The average molecular weight is 419 g/mol. The largest absolute Gasteiger partial charge is 0.353 e. The summed E-state index contributed by atoms with van der Waals surface area (Å²) in [7, 11) is 0. The summed E-state index contributed by atoms with van der Waals surface area (Å²) in [5.41, 5.74) is 4.06. The Balaban J connectivity index is 1.11. The van der Waals surface area contributed by atoms with Gasteiger partial charge >= 0.3 is 0 Å². The van der Waals surface area contributed by atoms with Crippen molar-refractivity contribution < 1.29 is 4.79 Å². The van der Waals surface area contributed by atoms with Crippen molar-refractivity contribution in [1.82, 2.24) is 20.1 Å². The molecule has 5 nitrogen and oxygen atoms in total. The number of carbonyl (C=O) groups excluding carboxylic acids is 1. The van der Waals surface area contributed by atoms with Crippen molar-refractivity contribution in [2.45, 2.75) is 38.1 Å². The number of nitrogens with one attached hydrogen (secondary N) is 1. The predicted octanol–water partition coefficient (Wildman–Crippen LogP) is 3.69. The van der Waals surface area contributed by atoms with E-state index in [1.165, 1.54) is 19.3 Å². The lowest BCUT2D eigenvalue weighted by molar-refractivity contribution is -0.116. The minimum atomic E-state index is -0.0368. The topological polar surface area (TPSA) is 48.5 Å². The monoisotopic (exact) mass is 418 g/mol. The molecule has 5 heteroatoms. The fraction of sp³-hybridized carbons (Fsp3) is 0.462. The van der Waals surface area contributed by atoms with E-state index in [4.69, 9.17) is 0 Å². The van der Waals surface area contributed by atoms with Gasteiger partial charge in [0.25, 0.3) is 0 Å². The van der Waals surface area contributed by atoms with Crippen molar-refractivity contribution in [2.75, 3.05) is 39.3 Å². The highest BCUT2D eigenvalue weighted by molar-refractivity contribution is 5.91. The van der Waals surface area contributed by atoms with Crippen LogP contribution in [0, 0.1) is 0 Å². The van der Waals surface area contributed by atoms with Crippen LogP contribution in [0.5, 0.6) is 0 Å². The lowest BCUT2D eigenvalue weighted by atomic mass is 9.86. The number of aryl methyl sites for hydroxylation is 1. The second-order valence-corrected chi connectivity index (χ2v) is 8.60. The summed E-state index contributed by atoms with van der Waals surface area (Å²) in [6.07, 6.45) is 12.8. The third-order valence-electron chi connectivity index (χ3n) is 6.50. The first-order valence-corrected chi connectivity index (χ1v) is 11.7. The zero-order valence-corrected chi connectivity index (χ0v) is 18.4. The van der Waals surface area contributed by atoms with Crippen LogP contribution in [0.15, 0.2) is 54.9 Å². The number of hydrogen-bond donors (Lipinski definition) is 1. The molecule has 1 amide bonds. The van der Waals surface area contributed by atoms with Gasteiger partial charge in [0.2, 0.25) is 5.91 Å². The van der Waals surface area contributed by atoms with E-state index in [1.54, 1.807) is 35.7 Å². The van der Waals surface area contributed by atoms with Crippen LogP contribution in [0.4, 0.5) is 0 Å². The minimum Gasteiger partial charge on any atom is -0.353 e. The standard InChI is InChI=1S/C26H34N4O/c31-26(13-12-22-7-6-14-27-21-22)28-15-3-4-16-29-17-19-30(20-18-29)25-11-5-9-23-8-1-2-10-24(23)25/h1-2,6-8,10,12-14,21,25H,3-5,9,11,15-20H2,(H,28,31)/b13-12+. The summed E-state index contributed by atoms with van der Waals surface area (Å²) < 4.78 is 0. The Morgan fingerprint density at radius 1 is 1.10 bits per heavy atom. The zero-order valence-electron chi connectivity index (χ0n) is 18.4. The maximum atomic E-state index is 11.9. The van der Waals surface area contributed by atoms with Gasteiger partial charge in [0.15, 0.2) is 0 Å². The molecule has 2 aromatic rings. The molecule has 1 N–H and O–H groups in total. The molecule has 0 spiro atoms. The van der Waals surface area contributed by atoms with Crippen LogP contribution in [0.25, 0.3) is 6.08 Å². The van der Waals surface area contributed by atoms with Crippen LogP contribution in [-0.4, -0.2) is 60.0 Å². The van der Waals surface area contributed by atoms with Gasteiger partial charge in [-0.05, 0) is 67.5 Å². The highest BCUT2D eigenvalue weighted by Gasteiger charge is 2.28. The number of nitrogens with zero attached hydrogens (tertiary/aromatic N) is 3. The fourth-order valence-corrected chi connectivity index (χ4v) is 4.78. The number of pyridine rings is 1. The molecule has 164 valence electrons. The van der Waals surface area contributed by atoms with Gasteiger partial charge in [-0.15, -0.1) is 0 Å². The van der Waals surface area contributed by atoms with Crippen LogP contribution in [0.2, 0.25) is 0 Å². The first kappa shape index (κ1) is 21.7. The van der Waals surface area contributed by atoms with Crippen molar-refractivity contribution >= 4 is 12.0 Å². The van der Waals surface area contributed by atoms with Crippen molar-refractivity contribution in [3.05, 3.63) is 71.6 Å². The molecule has 1 unspecified atom stereocenters. The van der Waals surface area contributed by atoms with E-state index in [0.717, 1.165) is 57.7 Å². The second-order valence-electron chi connectivity index (χ2n) is 8.60. The first-order chi connectivity index (χ1) is 15.3. The Morgan fingerprint density at radius 3 is 2.81 bits per heavy atom. The lowest BCUT2D eigenvalue weighted by Gasteiger charge is -2.41. The summed E-state index contributed by atoms with van der Waals surface area (Å²) >= 11 is 0. The molecule has 0 radical (unpaired) electrons. The Labute approximate surface area is 186 Å². The number of benzene rings is 1. The van der Waals surface area contributed by atoms with E-state index >= 15 is 0 Å². The molecule has 31 heavy (non-hydrogen) atoms. The molecular formula is C26H34N4O. The molecule has 2 heterocycles. The highest BCUT2D eigenvalue weighted by atomic mass is 16.1. The quantitative estimate of drug-likeness (QED) is 0.525. The number of piperazine rings is 1. The molecule has 0 saturated carbocycles. The van der Waals surface area contributed by atoms with Gasteiger partial charge in [-0.2, -0.15) is 0 Å². The molecule has 1 atom stereocenters. The summed E-state index contributed by atoms with van der Waals surface area (Å²) in [5.74, 6) is -0.0368. The molecule has 4 rings (SSSR count). The van der Waals surface area contributed by atoms with Gasteiger partial charge in [-0.3, -0.25) is 14.7 Å². The van der Waals surface area contributed by atoms with Crippen molar-refractivity contribution in [3.8, 4) is 0 Å². The molecule has 1 aromatic carbocycles. The summed E-state index contributed by atoms with van der Waals surface area (Å²) in [6, 6.07) is 13.4. The van der Waals surface area contributed by atoms with Crippen LogP contribution in [-0.2, 0) is 11.2 Å². The van der Waals surface area contributed by atoms with Crippen molar-refractivity contribution in [1.29, 1.82) is 0 Å². The van der Waals surface area contributed by atoms with Gasteiger partial charge in [-0.25, -0.2) is 0 Å². The van der Waals surface area contributed by atoms with Crippen LogP contribution >= 0.6 is 0 Å². The van der Waals surface area contributed by atoms with Crippen molar-refractivity contribution in [2.24, 2.45) is 0 Å². The normalized spacial score (nSPS) is 19.9. The maximum Gasteiger partial charge on any atom is 0.243 e. The van der Waals surface area contributed by atoms with E-state index < -0.39 is 0 Å². The van der Waals surface area contributed by atoms with Crippen molar-refractivity contribution in [3.63, 3.8) is 0 Å². The number of carbonyl (C=O) groups is 1. The third-order valence-corrected chi connectivity index (χ3v) is 6.50. The molecule has 1 fully saturated rings. The zero-order chi connectivity index (χ0) is 21.3. The molecule has 2 aliphatic rings. The van der Waals surface area contributed by atoms with Gasteiger partial charge in [0.05, 0.1) is 0 Å². The number of rotatable bonds is 8. The number of aromatic nitrogens is 1. The SMILES string of the molecule is O=C(/C=C/c1cccnc1)NCCCCN1CCN(C2CCCc3ccccc32)CC1.